The van der Waals surface area contributed by atoms with Crippen LogP contribution in [0.5, 0.6) is 5.75 Å². The van der Waals surface area contributed by atoms with Crippen molar-refractivity contribution in [3.05, 3.63) is 59.7 Å². The van der Waals surface area contributed by atoms with Crippen molar-refractivity contribution in [1.29, 1.82) is 0 Å². The van der Waals surface area contributed by atoms with Gasteiger partial charge in [-0.25, -0.2) is 4.79 Å². The molecular weight excluding hydrogens is 382 g/mol. The summed E-state index contributed by atoms with van der Waals surface area (Å²) in [5.74, 6) is 0.554. The Morgan fingerprint density at radius 1 is 1.13 bits per heavy atom. The Morgan fingerprint density at radius 3 is 2.67 bits per heavy atom. The standard InChI is InChI=1S/C23H27N3O4/c1-24(14-19-13-17-7-3-4-8-18(17)16-30-19)22(27)15-25-11-12-26(23(25)28)20-9-5-6-10-21(20)29-2/h3-10,19H,11-16H2,1-2H3. The van der Waals surface area contributed by atoms with Crippen LogP contribution in [0.15, 0.2) is 48.5 Å². The number of anilines is 1. The molecule has 0 bridgehead atoms. The molecule has 0 spiro atoms. The Morgan fingerprint density at radius 2 is 1.87 bits per heavy atom. The molecule has 3 amide bonds. The lowest BCUT2D eigenvalue weighted by Crippen LogP contribution is -2.44. The molecule has 2 aromatic carbocycles. The summed E-state index contributed by atoms with van der Waals surface area (Å²) in [7, 11) is 3.35. The molecule has 158 valence electrons. The van der Waals surface area contributed by atoms with Gasteiger partial charge in [-0.3, -0.25) is 9.69 Å². The predicted molar refractivity (Wildman–Crippen MR) is 114 cm³/mol. The molecule has 7 heteroatoms. The number of carbonyl (C=O) groups excluding carboxylic acids is 2. The van der Waals surface area contributed by atoms with E-state index in [1.54, 1.807) is 28.9 Å². The number of fused-ring (bicyclic) bond motifs is 1. The number of hydrogen-bond donors (Lipinski definition) is 0. The van der Waals surface area contributed by atoms with Gasteiger partial charge in [0, 0.05) is 33.1 Å². The highest BCUT2D eigenvalue weighted by Gasteiger charge is 2.33. The number of likely N-dealkylation sites (N-methyl/N-ethyl adjacent to an activating group) is 1. The SMILES string of the molecule is COc1ccccc1N1CCN(CC(=O)N(C)CC2Cc3ccccc3CO2)C1=O. The minimum absolute atomic E-state index is 0.0341. The molecule has 0 aromatic heterocycles. The lowest BCUT2D eigenvalue weighted by atomic mass is 9.99. The monoisotopic (exact) mass is 409 g/mol. The molecule has 1 atom stereocenters. The average molecular weight is 409 g/mol. The van der Waals surface area contributed by atoms with E-state index in [1.165, 1.54) is 11.1 Å². The molecule has 2 aliphatic rings. The third-order valence-electron chi connectivity index (χ3n) is 5.74. The molecule has 2 aromatic rings. The Kier molecular flexibility index (Phi) is 5.90. The van der Waals surface area contributed by atoms with Gasteiger partial charge < -0.3 is 19.3 Å². The second kappa shape index (κ2) is 8.75. The van der Waals surface area contributed by atoms with Crippen LogP contribution >= 0.6 is 0 Å². The molecule has 7 nitrogen and oxygen atoms in total. The molecule has 0 N–H and O–H groups in total. The van der Waals surface area contributed by atoms with E-state index in [2.05, 4.69) is 12.1 Å². The van der Waals surface area contributed by atoms with Crippen LogP contribution in [0.3, 0.4) is 0 Å². The third kappa shape index (κ3) is 4.11. The van der Waals surface area contributed by atoms with Crippen LogP contribution in [0.25, 0.3) is 0 Å². The number of hydrogen-bond acceptors (Lipinski definition) is 4. The second-order valence-corrected chi connectivity index (χ2v) is 7.71. The summed E-state index contributed by atoms with van der Waals surface area (Å²) < 4.78 is 11.3. The number of benzene rings is 2. The molecule has 4 rings (SSSR count). The summed E-state index contributed by atoms with van der Waals surface area (Å²) in [6, 6.07) is 15.5. The van der Waals surface area contributed by atoms with Crippen LogP contribution in [0.1, 0.15) is 11.1 Å². The maximum Gasteiger partial charge on any atom is 0.325 e. The van der Waals surface area contributed by atoms with Gasteiger partial charge in [0.15, 0.2) is 0 Å². The first-order chi connectivity index (χ1) is 14.6. The Labute approximate surface area is 176 Å². The van der Waals surface area contributed by atoms with Gasteiger partial charge in [0.2, 0.25) is 5.91 Å². The van der Waals surface area contributed by atoms with E-state index in [1.807, 2.05) is 36.4 Å². The van der Waals surface area contributed by atoms with Crippen LogP contribution in [-0.4, -0.2) is 68.2 Å². The number of carbonyl (C=O) groups is 2. The van der Waals surface area contributed by atoms with Gasteiger partial charge in [-0.15, -0.1) is 0 Å². The summed E-state index contributed by atoms with van der Waals surface area (Å²) >= 11 is 0. The van der Waals surface area contributed by atoms with Crippen molar-refractivity contribution in [3.8, 4) is 5.75 Å². The molecule has 0 aliphatic carbocycles. The first-order valence-corrected chi connectivity index (χ1v) is 10.2. The number of rotatable bonds is 6. The first-order valence-electron chi connectivity index (χ1n) is 10.2. The number of urea groups is 1. The minimum atomic E-state index is -0.177. The largest absolute Gasteiger partial charge is 0.495 e. The van der Waals surface area contributed by atoms with Crippen LogP contribution in [0, 0.1) is 0 Å². The highest BCUT2D eigenvalue weighted by atomic mass is 16.5. The maximum absolute atomic E-state index is 12.9. The Balaban J connectivity index is 1.33. The summed E-state index contributed by atoms with van der Waals surface area (Å²) in [6.45, 7) is 2.17. The number of methoxy groups -OCH3 is 1. The van der Waals surface area contributed by atoms with Gasteiger partial charge in [0.05, 0.1) is 25.5 Å². The molecule has 1 unspecified atom stereocenters. The van der Waals surface area contributed by atoms with Gasteiger partial charge in [0.1, 0.15) is 12.3 Å². The van der Waals surface area contributed by atoms with Crippen molar-refractivity contribution in [2.45, 2.75) is 19.1 Å². The fraction of sp³-hybridized carbons (Fsp3) is 0.391. The number of para-hydroxylation sites is 2. The Bertz CT molecular complexity index is 932. The van der Waals surface area contributed by atoms with Crippen molar-refractivity contribution < 1.29 is 19.1 Å². The van der Waals surface area contributed by atoms with E-state index >= 15 is 0 Å². The zero-order valence-electron chi connectivity index (χ0n) is 17.4. The van der Waals surface area contributed by atoms with E-state index < -0.39 is 0 Å². The van der Waals surface area contributed by atoms with E-state index in [-0.39, 0.29) is 24.6 Å². The van der Waals surface area contributed by atoms with Crippen LogP contribution in [-0.2, 0) is 22.6 Å². The van der Waals surface area contributed by atoms with Crippen LogP contribution in [0.4, 0.5) is 10.5 Å². The smallest absolute Gasteiger partial charge is 0.325 e. The summed E-state index contributed by atoms with van der Waals surface area (Å²) in [5.41, 5.74) is 3.21. The average Bonchev–Trinajstić information content (AvgIpc) is 3.13. The summed E-state index contributed by atoms with van der Waals surface area (Å²) in [5, 5.41) is 0. The van der Waals surface area contributed by atoms with Gasteiger partial charge in [-0.05, 0) is 23.3 Å². The van der Waals surface area contributed by atoms with Crippen molar-refractivity contribution >= 4 is 17.6 Å². The zero-order valence-corrected chi connectivity index (χ0v) is 17.4. The minimum Gasteiger partial charge on any atom is -0.495 e. The molecule has 1 saturated heterocycles. The van der Waals surface area contributed by atoms with Gasteiger partial charge in [-0.2, -0.15) is 0 Å². The maximum atomic E-state index is 12.9. The lowest BCUT2D eigenvalue weighted by Gasteiger charge is -2.30. The molecule has 30 heavy (non-hydrogen) atoms. The van der Waals surface area contributed by atoms with Gasteiger partial charge in [0.25, 0.3) is 0 Å². The summed E-state index contributed by atoms with van der Waals surface area (Å²) in [6.07, 6.45) is 0.756. The fourth-order valence-corrected chi connectivity index (χ4v) is 4.02. The predicted octanol–water partition coefficient (Wildman–Crippen LogP) is 2.54. The van der Waals surface area contributed by atoms with Crippen LogP contribution < -0.4 is 9.64 Å². The second-order valence-electron chi connectivity index (χ2n) is 7.71. The van der Waals surface area contributed by atoms with Gasteiger partial charge in [-0.1, -0.05) is 36.4 Å². The van der Waals surface area contributed by atoms with Crippen molar-refractivity contribution in [3.63, 3.8) is 0 Å². The molecule has 1 fully saturated rings. The zero-order chi connectivity index (χ0) is 21.1. The van der Waals surface area contributed by atoms with E-state index in [0.29, 0.717) is 32.0 Å². The highest BCUT2D eigenvalue weighted by molar-refractivity contribution is 5.97. The molecular formula is C23H27N3O4. The quantitative estimate of drug-likeness (QED) is 0.736. The van der Waals surface area contributed by atoms with E-state index in [0.717, 1.165) is 12.1 Å². The van der Waals surface area contributed by atoms with Crippen LogP contribution in [0.2, 0.25) is 0 Å². The third-order valence-corrected chi connectivity index (χ3v) is 5.74. The Hall–Kier alpha value is -3.06. The van der Waals surface area contributed by atoms with Gasteiger partial charge >= 0.3 is 6.03 Å². The molecule has 2 heterocycles. The first kappa shape index (κ1) is 20.2. The normalized spacial score (nSPS) is 18.3. The van der Waals surface area contributed by atoms with E-state index in [9.17, 15) is 9.59 Å². The fourth-order valence-electron chi connectivity index (χ4n) is 4.02. The number of amides is 3. The topological polar surface area (TPSA) is 62.3 Å². The molecule has 0 radical (unpaired) electrons. The lowest BCUT2D eigenvalue weighted by molar-refractivity contribution is -0.132. The number of nitrogens with zero attached hydrogens (tertiary/aromatic N) is 3. The number of ether oxygens (including phenoxy) is 2. The molecule has 0 saturated carbocycles. The molecule has 2 aliphatic heterocycles. The van der Waals surface area contributed by atoms with Crippen molar-refractivity contribution in [1.82, 2.24) is 9.80 Å². The highest BCUT2D eigenvalue weighted by Crippen LogP contribution is 2.30. The van der Waals surface area contributed by atoms with Crippen molar-refractivity contribution in [2.75, 3.05) is 45.2 Å². The van der Waals surface area contributed by atoms with E-state index in [4.69, 9.17) is 9.47 Å². The van der Waals surface area contributed by atoms with Crippen molar-refractivity contribution in [2.24, 2.45) is 0 Å². The summed E-state index contributed by atoms with van der Waals surface area (Å²) in [4.78, 5) is 30.5.